The highest BCUT2D eigenvalue weighted by molar-refractivity contribution is 5.88. The van der Waals surface area contributed by atoms with Crippen molar-refractivity contribution in [1.82, 2.24) is 9.88 Å². The third kappa shape index (κ3) is 6.64. The first kappa shape index (κ1) is 29.1. The zero-order valence-corrected chi connectivity index (χ0v) is 22.8. The zero-order valence-electron chi connectivity index (χ0n) is 22.8. The Labute approximate surface area is 227 Å². The minimum Gasteiger partial charge on any atom is -0.497 e. The Kier molecular flexibility index (Phi) is 9.33. The molecule has 1 aliphatic rings. The van der Waals surface area contributed by atoms with Crippen molar-refractivity contribution in [3.8, 4) is 5.75 Å². The average molecular weight is 548 g/mol. The van der Waals surface area contributed by atoms with E-state index in [4.69, 9.17) is 4.74 Å². The molecule has 1 atom stereocenters. The molecule has 1 N–H and O–H groups in total. The maximum absolute atomic E-state index is 16.0. The van der Waals surface area contributed by atoms with Crippen LogP contribution in [0.4, 0.5) is 23.2 Å². The average Bonchev–Trinajstić information content (AvgIpc) is 2.92. The van der Waals surface area contributed by atoms with Crippen molar-refractivity contribution in [3.63, 3.8) is 0 Å². The number of piperidine rings is 1. The molecule has 0 saturated carbocycles. The number of halogens is 4. The predicted octanol–water partition coefficient (Wildman–Crippen LogP) is 6.22. The van der Waals surface area contributed by atoms with Crippen LogP contribution in [-0.2, 0) is 6.42 Å². The van der Waals surface area contributed by atoms with E-state index in [2.05, 4.69) is 9.88 Å². The van der Waals surface area contributed by atoms with Crippen LogP contribution in [0.3, 0.4) is 0 Å². The molecular formula is C30H37F4N3O2. The number of benzene rings is 2. The molecule has 1 saturated heterocycles. The molecule has 0 bridgehead atoms. The summed E-state index contributed by atoms with van der Waals surface area (Å²) >= 11 is 0. The van der Waals surface area contributed by atoms with E-state index >= 15 is 4.39 Å². The molecule has 0 amide bonds. The first-order valence-corrected chi connectivity index (χ1v) is 13.4. The lowest BCUT2D eigenvalue weighted by Crippen LogP contribution is -2.42. The molecule has 0 unspecified atom stereocenters. The standard InChI is InChI=1S/C30H37F4N3O2/c1-36(2)28-18-35-27-7-6-21(39-3)17-23(27)29(28)24(32)8-9-30(19-38)10-13-37(14-11-30)12-4-5-22-25(33)15-20(31)16-26(22)34/h6-7,15-18,24,38H,4-5,8-14,19H2,1-3H3/t24-/m0/s1. The van der Waals surface area contributed by atoms with Gasteiger partial charge in [-0.05, 0) is 81.8 Å². The van der Waals surface area contributed by atoms with Crippen LogP contribution in [0, 0.1) is 22.9 Å². The Morgan fingerprint density at radius 3 is 2.41 bits per heavy atom. The number of rotatable bonds is 11. The van der Waals surface area contributed by atoms with Crippen molar-refractivity contribution >= 4 is 16.6 Å². The normalized spacial score (nSPS) is 16.4. The van der Waals surface area contributed by atoms with Gasteiger partial charge in [-0.2, -0.15) is 0 Å². The topological polar surface area (TPSA) is 48.8 Å². The Balaban J connectivity index is 1.38. The SMILES string of the molecule is COc1ccc2ncc(N(C)C)c([C@@H](F)CCC3(CO)CCN(CCCc4c(F)cc(F)cc4F)CC3)c2c1. The summed E-state index contributed by atoms with van der Waals surface area (Å²) < 4.78 is 62.4. The molecule has 5 nitrogen and oxygen atoms in total. The number of hydrogen-bond acceptors (Lipinski definition) is 5. The van der Waals surface area contributed by atoms with Crippen LogP contribution >= 0.6 is 0 Å². The smallest absolute Gasteiger partial charge is 0.132 e. The lowest BCUT2D eigenvalue weighted by molar-refractivity contribution is 0.0300. The van der Waals surface area contributed by atoms with Gasteiger partial charge < -0.3 is 19.6 Å². The molecule has 0 spiro atoms. The largest absolute Gasteiger partial charge is 0.497 e. The summed E-state index contributed by atoms with van der Waals surface area (Å²) in [6, 6.07) is 6.87. The maximum Gasteiger partial charge on any atom is 0.132 e. The van der Waals surface area contributed by atoms with Gasteiger partial charge in [0, 0.05) is 49.3 Å². The Hall–Kier alpha value is -2.91. The van der Waals surface area contributed by atoms with Gasteiger partial charge in [0.2, 0.25) is 0 Å². The summed E-state index contributed by atoms with van der Waals surface area (Å²) in [5, 5.41) is 11.0. The van der Waals surface area contributed by atoms with Gasteiger partial charge in [0.05, 0.1) is 24.5 Å². The number of pyridine rings is 1. The van der Waals surface area contributed by atoms with E-state index in [9.17, 15) is 18.3 Å². The van der Waals surface area contributed by atoms with Gasteiger partial charge in [-0.3, -0.25) is 4.98 Å². The first-order valence-electron chi connectivity index (χ1n) is 13.4. The number of nitrogens with zero attached hydrogens (tertiary/aromatic N) is 3. The number of aliphatic hydroxyl groups is 1. The van der Waals surface area contributed by atoms with Crippen LogP contribution in [0.2, 0.25) is 0 Å². The van der Waals surface area contributed by atoms with Gasteiger partial charge in [0.15, 0.2) is 0 Å². The van der Waals surface area contributed by atoms with Crippen LogP contribution in [0.1, 0.15) is 49.4 Å². The molecule has 2 aromatic carbocycles. The molecule has 212 valence electrons. The van der Waals surface area contributed by atoms with E-state index in [1.807, 2.05) is 37.2 Å². The third-order valence-corrected chi connectivity index (χ3v) is 8.08. The monoisotopic (exact) mass is 547 g/mol. The maximum atomic E-state index is 16.0. The van der Waals surface area contributed by atoms with Crippen molar-refractivity contribution < 1.29 is 27.4 Å². The summed E-state index contributed by atoms with van der Waals surface area (Å²) in [4.78, 5) is 8.56. The summed E-state index contributed by atoms with van der Waals surface area (Å²) in [5.41, 5.74) is 1.52. The molecule has 39 heavy (non-hydrogen) atoms. The molecular weight excluding hydrogens is 510 g/mol. The molecule has 1 aliphatic heterocycles. The van der Waals surface area contributed by atoms with E-state index in [0.29, 0.717) is 80.0 Å². The van der Waals surface area contributed by atoms with Crippen molar-refractivity contribution in [3.05, 3.63) is 65.1 Å². The lowest BCUT2D eigenvalue weighted by atomic mass is 9.74. The van der Waals surface area contributed by atoms with Gasteiger partial charge in [0.25, 0.3) is 0 Å². The van der Waals surface area contributed by atoms with Crippen molar-refractivity contribution in [1.29, 1.82) is 0 Å². The highest BCUT2D eigenvalue weighted by Gasteiger charge is 2.35. The van der Waals surface area contributed by atoms with Gasteiger partial charge in [0.1, 0.15) is 29.4 Å². The van der Waals surface area contributed by atoms with Crippen LogP contribution in [-0.4, -0.2) is 62.4 Å². The lowest BCUT2D eigenvalue weighted by Gasteiger charge is -2.41. The molecule has 1 aromatic heterocycles. The number of fused-ring (bicyclic) bond motifs is 1. The van der Waals surface area contributed by atoms with Gasteiger partial charge in [-0.1, -0.05) is 0 Å². The minimum absolute atomic E-state index is 0.0228. The van der Waals surface area contributed by atoms with Crippen LogP contribution in [0.5, 0.6) is 5.75 Å². The number of methoxy groups -OCH3 is 1. The zero-order chi connectivity index (χ0) is 28.2. The number of ether oxygens (including phenoxy) is 1. The molecule has 0 radical (unpaired) electrons. The van der Waals surface area contributed by atoms with Gasteiger partial charge in [-0.25, -0.2) is 17.6 Å². The molecule has 3 aromatic rings. The van der Waals surface area contributed by atoms with Crippen LogP contribution in [0.15, 0.2) is 36.5 Å². The van der Waals surface area contributed by atoms with E-state index in [1.165, 1.54) is 0 Å². The minimum atomic E-state index is -1.25. The fraction of sp³-hybridized carbons (Fsp3) is 0.500. The molecule has 2 heterocycles. The van der Waals surface area contributed by atoms with Crippen molar-refractivity contribution in [2.45, 2.75) is 44.7 Å². The first-order chi connectivity index (χ1) is 18.7. The Morgan fingerprint density at radius 2 is 1.79 bits per heavy atom. The Bertz CT molecular complexity index is 1260. The fourth-order valence-corrected chi connectivity index (χ4v) is 5.60. The van der Waals surface area contributed by atoms with Crippen LogP contribution < -0.4 is 9.64 Å². The summed E-state index contributed by atoms with van der Waals surface area (Å²) in [7, 11) is 5.31. The number of alkyl halides is 1. The van der Waals surface area contributed by atoms with E-state index < -0.39 is 23.6 Å². The number of anilines is 1. The van der Waals surface area contributed by atoms with Gasteiger partial charge in [-0.15, -0.1) is 0 Å². The molecule has 1 fully saturated rings. The number of aromatic nitrogens is 1. The number of hydrogen-bond donors (Lipinski definition) is 1. The quantitative estimate of drug-likeness (QED) is 0.289. The highest BCUT2D eigenvalue weighted by atomic mass is 19.1. The number of likely N-dealkylation sites (tertiary alicyclic amines) is 1. The summed E-state index contributed by atoms with van der Waals surface area (Å²) in [5.74, 6) is -2.00. The second-order valence-electron chi connectivity index (χ2n) is 10.8. The molecule has 4 rings (SSSR count). The van der Waals surface area contributed by atoms with Crippen LogP contribution in [0.25, 0.3) is 10.9 Å². The summed E-state index contributed by atoms with van der Waals surface area (Å²) in [6.07, 6.45) is 3.38. The van der Waals surface area contributed by atoms with E-state index in [0.717, 1.165) is 5.39 Å². The highest BCUT2D eigenvalue weighted by Crippen LogP contribution is 2.42. The fourth-order valence-electron chi connectivity index (χ4n) is 5.60. The predicted molar refractivity (Wildman–Crippen MR) is 146 cm³/mol. The van der Waals surface area contributed by atoms with Crippen molar-refractivity contribution in [2.24, 2.45) is 5.41 Å². The van der Waals surface area contributed by atoms with Crippen molar-refractivity contribution in [2.75, 3.05) is 52.3 Å². The summed E-state index contributed by atoms with van der Waals surface area (Å²) in [6.45, 7) is 2.04. The second-order valence-corrected chi connectivity index (χ2v) is 10.8. The van der Waals surface area contributed by atoms with Gasteiger partial charge >= 0.3 is 0 Å². The van der Waals surface area contributed by atoms with E-state index in [-0.39, 0.29) is 30.4 Å². The molecule has 9 heteroatoms. The second kappa shape index (κ2) is 12.5. The van der Waals surface area contributed by atoms with E-state index in [1.54, 1.807) is 13.3 Å². The Morgan fingerprint density at radius 1 is 1.10 bits per heavy atom. The molecule has 0 aliphatic carbocycles. The number of aliphatic hydroxyl groups excluding tert-OH is 1. The third-order valence-electron chi connectivity index (χ3n) is 8.08.